The molecule has 1 aromatic heterocycles. The number of aromatic nitrogens is 1. The molecule has 1 aliphatic heterocycles. The molecular weight excluding hydrogens is 190 g/mol. The second-order valence-corrected chi connectivity index (χ2v) is 4.07. The van der Waals surface area contributed by atoms with Gasteiger partial charge in [-0.3, -0.25) is 4.79 Å². The van der Waals surface area contributed by atoms with Crippen molar-refractivity contribution in [3.8, 4) is 0 Å². The number of anilines is 1. The molecule has 1 fully saturated rings. The van der Waals surface area contributed by atoms with Gasteiger partial charge in [0.05, 0.1) is 0 Å². The first-order valence-corrected chi connectivity index (χ1v) is 5.38. The fourth-order valence-corrected chi connectivity index (χ4v) is 1.94. The van der Waals surface area contributed by atoms with E-state index in [1.54, 1.807) is 4.90 Å². The number of hydrogen-bond donors (Lipinski definition) is 2. The lowest BCUT2D eigenvalue weighted by Gasteiger charge is -2.17. The van der Waals surface area contributed by atoms with E-state index in [4.69, 9.17) is 0 Å². The van der Waals surface area contributed by atoms with Crippen LogP contribution in [0.5, 0.6) is 0 Å². The number of nitrogens with one attached hydrogen (secondary N) is 2. The summed E-state index contributed by atoms with van der Waals surface area (Å²) in [5.41, 5.74) is 0. The molecule has 4 nitrogen and oxygen atoms in total. The van der Waals surface area contributed by atoms with Gasteiger partial charge in [-0.05, 0) is 37.6 Å². The van der Waals surface area contributed by atoms with Gasteiger partial charge in [-0.1, -0.05) is 0 Å². The van der Waals surface area contributed by atoms with E-state index in [1.165, 1.54) is 0 Å². The van der Waals surface area contributed by atoms with Gasteiger partial charge in [0.1, 0.15) is 5.82 Å². The van der Waals surface area contributed by atoms with Crippen LogP contribution in [0.2, 0.25) is 0 Å². The molecular formula is C11H17N3O. The average Bonchev–Trinajstić information content (AvgIpc) is 2.88. The molecule has 1 unspecified atom stereocenters. The number of rotatable bonds is 3. The minimum Gasteiger partial charge on any atom is -0.348 e. The number of carbonyl (C=O) groups is 1. The smallest absolute Gasteiger partial charge is 0.228 e. The van der Waals surface area contributed by atoms with Crippen LogP contribution in [0, 0.1) is 5.92 Å². The van der Waals surface area contributed by atoms with Crippen molar-refractivity contribution in [2.24, 2.45) is 5.92 Å². The van der Waals surface area contributed by atoms with Gasteiger partial charge in [0, 0.05) is 19.7 Å². The van der Waals surface area contributed by atoms with Crippen LogP contribution in [-0.4, -0.2) is 31.0 Å². The fraction of sp³-hybridized carbons (Fsp3) is 0.545. The molecule has 0 aliphatic carbocycles. The Hall–Kier alpha value is -1.29. The standard InChI is InChI=1S/C11H17N3O/c1-14(10-3-2-5-13-10)11(15)7-9-4-6-12-8-9/h2-3,5,9,12-13H,4,6-8H2,1H3. The number of aromatic amines is 1. The molecule has 0 aromatic carbocycles. The van der Waals surface area contributed by atoms with Crippen LogP contribution in [0.25, 0.3) is 0 Å². The predicted molar refractivity (Wildman–Crippen MR) is 59.8 cm³/mol. The Morgan fingerprint density at radius 3 is 3.13 bits per heavy atom. The van der Waals surface area contributed by atoms with E-state index in [0.29, 0.717) is 12.3 Å². The zero-order valence-electron chi connectivity index (χ0n) is 8.99. The first kappa shape index (κ1) is 10.2. The molecule has 0 bridgehead atoms. The molecule has 2 N–H and O–H groups in total. The summed E-state index contributed by atoms with van der Waals surface area (Å²) in [7, 11) is 1.82. The largest absolute Gasteiger partial charge is 0.348 e. The molecule has 1 aromatic rings. The molecule has 0 saturated carbocycles. The first-order valence-electron chi connectivity index (χ1n) is 5.38. The minimum absolute atomic E-state index is 0.186. The van der Waals surface area contributed by atoms with Crippen LogP contribution in [-0.2, 0) is 4.79 Å². The third kappa shape index (κ3) is 2.39. The summed E-state index contributed by atoms with van der Waals surface area (Å²) in [4.78, 5) is 16.6. The number of amides is 1. The molecule has 1 amide bonds. The molecule has 2 heterocycles. The van der Waals surface area contributed by atoms with Gasteiger partial charge in [-0.25, -0.2) is 0 Å². The summed E-state index contributed by atoms with van der Waals surface area (Å²) < 4.78 is 0. The molecule has 1 atom stereocenters. The maximum absolute atomic E-state index is 11.9. The van der Waals surface area contributed by atoms with E-state index < -0.39 is 0 Å². The Morgan fingerprint density at radius 1 is 1.67 bits per heavy atom. The van der Waals surface area contributed by atoms with Gasteiger partial charge in [0.25, 0.3) is 0 Å². The Morgan fingerprint density at radius 2 is 2.53 bits per heavy atom. The Bertz CT molecular complexity index is 315. The van der Waals surface area contributed by atoms with E-state index >= 15 is 0 Å². The maximum atomic E-state index is 11.9. The SMILES string of the molecule is CN(C(=O)CC1CCNC1)c1ccc[nH]1. The molecule has 0 radical (unpaired) electrons. The number of H-pyrrole nitrogens is 1. The van der Waals surface area contributed by atoms with Crippen molar-refractivity contribution in [3.05, 3.63) is 18.3 Å². The van der Waals surface area contributed by atoms with Crippen molar-refractivity contribution in [2.45, 2.75) is 12.8 Å². The van der Waals surface area contributed by atoms with Crippen LogP contribution < -0.4 is 10.2 Å². The highest BCUT2D eigenvalue weighted by Gasteiger charge is 2.20. The summed E-state index contributed by atoms with van der Waals surface area (Å²) in [6.07, 6.45) is 3.59. The van der Waals surface area contributed by atoms with Crippen LogP contribution in [0.1, 0.15) is 12.8 Å². The quantitative estimate of drug-likeness (QED) is 0.776. The molecule has 0 spiro atoms. The maximum Gasteiger partial charge on any atom is 0.228 e. The van der Waals surface area contributed by atoms with Gasteiger partial charge < -0.3 is 15.2 Å². The third-order valence-electron chi connectivity index (χ3n) is 2.94. The van der Waals surface area contributed by atoms with E-state index in [0.717, 1.165) is 25.3 Å². The average molecular weight is 207 g/mol. The van der Waals surface area contributed by atoms with Crippen LogP contribution in [0.3, 0.4) is 0 Å². The van der Waals surface area contributed by atoms with Crippen LogP contribution >= 0.6 is 0 Å². The van der Waals surface area contributed by atoms with Crippen molar-refractivity contribution < 1.29 is 4.79 Å². The normalized spacial score (nSPS) is 20.5. The summed E-state index contributed by atoms with van der Waals surface area (Å²) in [6, 6.07) is 3.81. The highest BCUT2D eigenvalue weighted by Crippen LogP contribution is 2.16. The van der Waals surface area contributed by atoms with Gasteiger partial charge >= 0.3 is 0 Å². The molecule has 82 valence electrons. The molecule has 1 aliphatic rings. The lowest BCUT2D eigenvalue weighted by atomic mass is 10.0. The van der Waals surface area contributed by atoms with Crippen molar-refractivity contribution in [1.82, 2.24) is 10.3 Å². The molecule has 1 saturated heterocycles. The summed E-state index contributed by atoms with van der Waals surface area (Å²) in [6.45, 7) is 2.02. The predicted octanol–water partition coefficient (Wildman–Crippen LogP) is 0.977. The Kier molecular flexibility index (Phi) is 3.06. The lowest BCUT2D eigenvalue weighted by molar-refractivity contribution is -0.119. The van der Waals surface area contributed by atoms with Crippen molar-refractivity contribution in [3.63, 3.8) is 0 Å². The zero-order chi connectivity index (χ0) is 10.7. The number of hydrogen-bond acceptors (Lipinski definition) is 2. The van der Waals surface area contributed by atoms with Gasteiger partial charge in [-0.15, -0.1) is 0 Å². The van der Waals surface area contributed by atoms with E-state index in [1.807, 2.05) is 25.4 Å². The van der Waals surface area contributed by atoms with Gasteiger partial charge in [0.2, 0.25) is 5.91 Å². The lowest BCUT2D eigenvalue weighted by Crippen LogP contribution is -2.28. The summed E-state index contributed by atoms with van der Waals surface area (Å²) >= 11 is 0. The van der Waals surface area contributed by atoms with E-state index in [-0.39, 0.29) is 5.91 Å². The molecule has 4 heteroatoms. The minimum atomic E-state index is 0.186. The van der Waals surface area contributed by atoms with Gasteiger partial charge in [0.15, 0.2) is 0 Å². The van der Waals surface area contributed by atoms with Crippen molar-refractivity contribution >= 4 is 11.7 Å². The monoisotopic (exact) mass is 207 g/mol. The highest BCUT2D eigenvalue weighted by atomic mass is 16.2. The van der Waals surface area contributed by atoms with Crippen LogP contribution in [0.4, 0.5) is 5.82 Å². The molecule has 15 heavy (non-hydrogen) atoms. The second-order valence-electron chi connectivity index (χ2n) is 4.07. The second kappa shape index (κ2) is 4.49. The Labute approximate surface area is 89.7 Å². The van der Waals surface area contributed by atoms with E-state index in [9.17, 15) is 4.79 Å². The van der Waals surface area contributed by atoms with Crippen LogP contribution in [0.15, 0.2) is 18.3 Å². The summed E-state index contributed by atoms with van der Waals surface area (Å²) in [5.74, 6) is 1.56. The van der Waals surface area contributed by atoms with Gasteiger partial charge in [-0.2, -0.15) is 0 Å². The fourth-order valence-electron chi connectivity index (χ4n) is 1.94. The zero-order valence-corrected chi connectivity index (χ0v) is 8.99. The van der Waals surface area contributed by atoms with Crippen molar-refractivity contribution in [1.29, 1.82) is 0 Å². The molecule has 2 rings (SSSR count). The van der Waals surface area contributed by atoms with Crippen molar-refractivity contribution in [2.75, 3.05) is 25.0 Å². The third-order valence-corrected chi connectivity index (χ3v) is 2.94. The number of carbonyl (C=O) groups excluding carboxylic acids is 1. The summed E-state index contributed by atoms with van der Waals surface area (Å²) in [5, 5.41) is 3.27. The van der Waals surface area contributed by atoms with E-state index in [2.05, 4.69) is 10.3 Å². The highest BCUT2D eigenvalue weighted by molar-refractivity contribution is 5.92. The first-order chi connectivity index (χ1) is 7.27. The number of nitrogens with zero attached hydrogens (tertiary/aromatic N) is 1. The topological polar surface area (TPSA) is 48.1 Å². The Balaban J connectivity index is 1.90.